The van der Waals surface area contributed by atoms with Crippen molar-refractivity contribution in [3.63, 3.8) is 0 Å². The number of carbonyl (C=O) groups excluding carboxylic acids is 1. The van der Waals surface area contributed by atoms with Gasteiger partial charge in [0.2, 0.25) is 0 Å². The van der Waals surface area contributed by atoms with Crippen molar-refractivity contribution >= 4 is 11.9 Å². The molecule has 0 radical (unpaired) electrons. The maximum Gasteiger partial charge on any atom is 0.308 e. The van der Waals surface area contributed by atoms with Gasteiger partial charge in [-0.25, -0.2) is 0 Å². The van der Waals surface area contributed by atoms with Crippen LogP contribution in [0.1, 0.15) is 29.3 Å². The molecule has 20 heavy (non-hydrogen) atoms. The quantitative estimate of drug-likeness (QED) is 0.917. The Morgan fingerprint density at radius 1 is 1.40 bits per heavy atom. The topological polar surface area (TPSA) is 66.8 Å². The van der Waals surface area contributed by atoms with Crippen LogP contribution in [0.4, 0.5) is 0 Å². The van der Waals surface area contributed by atoms with Gasteiger partial charge in [0.25, 0.3) is 5.91 Å². The van der Waals surface area contributed by atoms with Crippen molar-refractivity contribution in [2.24, 2.45) is 5.92 Å². The first-order chi connectivity index (χ1) is 9.45. The summed E-state index contributed by atoms with van der Waals surface area (Å²) in [4.78, 5) is 25.3. The van der Waals surface area contributed by atoms with Gasteiger partial charge in [-0.1, -0.05) is 0 Å². The summed E-state index contributed by atoms with van der Waals surface area (Å²) in [5.41, 5.74) is 1.43. The van der Waals surface area contributed by atoms with Crippen molar-refractivity contribution in [2.75, 3.05) is 13.7 Å². The van der Waals surface area contributed by atoms with Gasteiger partial charge < -0.3 is 14.7 Å². The lowest BCUT2D eigenvalue weighted by molar-refractivity contribution is -0.142. The Kier molecular flexibility index (Phi) is 3.97. The third-order valence-electron chi connectivity index (χ3n) is 4.00. The second kappa shape index (κ2) is 5.53. The van der Waals surface area contributed by atoms with Crippen LogP contribution in [0.2, 0.25) is 0 Å². The highest BCUT2D eigenvalue weighted by molar-refractivity contribution is 5.96. The number of carbonyl (C=O) groups is 2. The van der Waals surface area contributed by atoms with E-state index in [-0.39, 0.29) is 11.9 Å². The molecule has 1 amide bonds. The average Bonchev–Trinajstić information content (AvgIpc) is 2.79. The number of aryl methyl sites for hydroxylation is 1. The van der Waals surface area contributed by atoms with Crippen LogP contribution in [0.25, 0.3) is 0 Å². The summed E-state index contributed by atoms with van der Waals surface area (Å²) in [5, 5.41) is 9.12. The molecule has 0 spiro atoms. The van der Waals surface area contributed by atoms with Crippen LogP contribution in [0.15, 0.2) is 18.2 Å². The number of ether oxygens (including phenoxy) is 1. The maximum atomic E-state index is 12.5. The molecule has 1 fully saturated rings. The van der Waals surface area contributed by atoms with E-state index in [2.05, 4.69) is 0 Å². The molecule has 2 atom stereocenters. The van der Waals surface area contributed by atoms with Crippen LogP contribution in [0.3, 0.4) is 0 Å². The number of hydrogen-bond donors (Lipinski definition) is 1. The Morgan fingerprint density at radius 2 is 2.10 bits per heavy atom. The molecule has 1 aliphatic heterocycles. The molecule has 1 aliphatic rings. The Labute approximate surface area is 118 Å². The number of carboxylic acid groups (broad SMARTS) is 1. The Morgan fingerprint density at radius 3 is 2.60 bits per heavy atom. The lowest BCUT2D eigenvalue weighted by atomic mass is 10.0. The smallest absolute Gasteiger partial charge is 0.308 e. The summed E-state index contributed by atoms with van der Waals surface area (Å²) >= 11 is 0. The predicted octanol–water partition coefficient (Wildman–Crippen LogP) is 1.94. The molecule has 1 saturated heterocycles. The number of likely N-dealkylation sites (tertiary alicyclic amines) is 1. The fourth-order valence-corrected chi connectivity index (χ4v) is 2.71. The molecule has 5 heteroatoms. The summed E-state index contributed by atoms with van der Waals surface area (Å²) in [7, 11) is 1.58. The van der Waals surface area contributed by atoms with Gasteiger partial charge in [0.05, 0.1) is 13.0 Å². The average molecular weight is 277 g/mol. The minimum absolute atomic E-state index is 0.110. The number of carboxylic acids is 1. The van der Waals surface area contributed by atoms with Crippen LogP contribution in [0, 0.1) is 12.8 Å². The van der Waals surface area contributed by atoms with E-state index in [1.807, 2.05) is 13.0 Å². The summed E-state index contributed by atoms with van der Waals surface area (Å²) in [6.45, 7) is 4.14. The van der Waals surface area contributed by atoms with Crippen LogP contribution in [-0.2, 0) is 4.79 Å². The molecule has 1 aromatic carbocycles. The van der Waals surface area contributed by atoms with Crippen molar-refractivity contribution in [2.45, 2.75) is 26.3 Å². The Balaban J connectivity index is 2.22. The van der Waals surface area contributed by atoms with E-state index >= 15 is 0 Å². The van der Waals surface area contributed by atoms with Gasteiger partial charge in [-0.05, 0) is 44.0 Å². The number of hydrogen-bond acceptors (Lipinski definition) is 3. The zero-order chi connectivity index (χ0) is 14.9. The number of amides is 1. The number of methoxy groups -OCH3 is 1. The standard InChI is InChI=1S/C15H19NO4/c1-9-8-11(20-3)4-5-12(9)14(17)16-7-6-13(10(16)2)15(18)19/h4-5,8,10,13H,6-7H2,1-3H3,(H,18,19). The second-order valence-corrected chi connectivity index (χ2v) is 5.15. The second-order valence-electron chi connectivity index (χ2n) is 5.15. The first-order valence-corrected chi connectivity index (χ1v) is 6.64. The summed E-state index contributed by atoms with van der Waals surface area (Å²) in [6.07, 6.45) is 0.511. The van der Waals surface area contributed by atoms with Crippen molar-refractivity contribution in [3.8, 4) is 5.75 Å². The predicted molar refractivity (Wildman–Crippen MR) is 74.0 cm³/mol. The molecule has 0 bridgehead atoms. The number of rotatable bonds is 3. The van der Waals surface area contributed by atoms with E-state index in [0.29, 0.717) is 24.3 Å². The van der Waals surface area contributed by atoms with Crippen LogP contribution in [-0.4, -0.2) is 41.6 Å². The van der Waals surface area contributed by atoms with E-state index < -0.39 is 11.9 Å². The molecular formula is C15H19NO4. The van der Waals surface area contributed by atoms with Gasteiger partial charge in [0.1, 0.15) is 5.75 Å². The summed E-state index contributed by atoms with van der Waals surface area (Å²) < 4.78 is 5.12. The van der Waals surface area contributed by atoms with E-state index in [1.165, 1.54) is 0 Å². The lowest BCUT2D eigenvalue weighted by Crippen LogP contribution is -2.37. The molecule has 5 nitrogen and oxygen atoms in total. The minimum Gasteiger partial charge on any atom is -0.497 e. The van der Waals surface area contributed by atoms with Gasteiger partial charge in [-0.15, -0.1) is 0 Å². The fraction of sp³-hybridized carbons (Fsp3) is 0.467. The third kappa shape index (κ3) is 2.48. The fourth-order valence-electron chi connectivity index (χ4n) is 2.71. The zero-order valence-corrected chi connectivity index (χ0v) is 11.9. The van der Waals surface area contributed by atoms with E-state index in [0.717, 1.165) is 5.56 Å². The van der Waals surface area contributed by atoms with Crippen molar-refractivity contribution in [3.05, 3.63) is 29.3 Å². The van der Waals surface area contributed by atoms with Crippen molar-refractivity contribution < 1.29 is 19.4 Å². The van der Waals surface area contributed by atoms with E-state index in [9.17, 15) is 9.59 Å². The van der Waals surface area contributed by atoms with Crippen molar-refractivity contribution in [1.29, 1.82) is 0 Å². The first kappa shape index (κ1) is 14.4. The molecule has 0 aromatic heterocycles. The number of aliphatic carboxylic acids is 1. The van der Waals surface area contributed by atoms with Gasteiger partial charge in [-0.2, -0.15) is 0 Å². The molecular weight excluding hydrogens is 258 g/mol. The Hall–Kier alpha value is -2.04. The molecule has 0 aliphatic carbocycles. The highest BCUT2D eigenvalue weighted by atomic mass is 16.5. The SMILES string of the molecule is COc1ccc(C(=O)N2CCC(C(=O)O)C2C)c(C)c1. The van der Waals surface area contributed by atoms with Crippen molar-refractivity contribution in [1.82, 2.24) is 4.90 Å². The first-order valence-electron chi connectivity index (χ1n) is 6.64. The van der Waals surface area contributed by atoms with E-state index in [1.54, 1.807) is 31.1 Å². The zero-order valence-electron chi connectivity index (χ0n) is 11.9. The highest BCUT2D eigenvalue weighted by Gasteiger charge is 2.38. The lowest BCUT2D eigenvalue weighted by Gasteiger charge is -2.24. The van der Waals surface area contributed by atoms with E-state index in [4.69, 9.17) is 9.84 Å². The molecule has 0 saturated carbocycles. The summed E-state index contributed by atoms with van der Waals surface area (Å²) in [6, 6.07) is 5.01. The normalized spacial score (nSPS) is 21.9. The monoisotopic (exact) mass is 277 g/mol. The van der Waals surface area contributed by atoms with Crippen LogP contribution >= 0.6 is 0 Å². The third-order valence-corrected chi connectivity index (χ3v) is 4.00. The Bertz CT molecular complexity index is 541. The van der Waals surface area contributed by atoms with Gasteiger partial charge in [-0.3, -0.25) is 9.59 Å². The highest BCUT2D eigenvalue weighted by Crippen LogP contribution is 2.27. The molecule has 108 valence electrons. The van der Waals surface area contributed by atoms with Crippen LogP contribution in [0.5, 0.6) is 5.75 Å². The number of benzene rings is 1. The van der Waals surface area contributed by atoms with Gasteiger partial charge in [0.15, 0.2) is 0 Å². The van der Waals surface area contributed by atoms with Crippen LogP contribution < -0.4 is 4.74 Å². The minimum atomic E-state index is -0.834. The molecule has 2 rings (SSSR count). The molecule has 2 unspecified atom stereocenters. The number of nitrogens with zero attached hydrogens (tertiary/aromatic N) is 1. The molecule has 1 aromatic rings. The van der Waals surface area contributed by atoms with Gasteiger partial charge >= 0.3 is 5.97 Å². The molecule has 1 N–H and O–H groups in total. The van der Waals surface area contributed by atoms with Gasteiger partial charge in [0, 0.05) is 18.2 Å². The summed E-state index contributed by atoms with van der Waals surface area (Å²) in [5.74, 6) is -0.713. The maximum absolute atomic E-state index is 12.5. The molecule has 1 heterocycles. The largest absolute Gasteiger partial charge is 0.497 e.